The Morgan fingerprint density at radius 3 is 2.83 bits per heavy atom. The zero-order chi connectivity index (χ0) is 16.9. The molecule has 0 amide bonds. The van der Waals surface area contributed by atoms with E-state index in [1.807, 2.05) is 0 Å². The number of hydrogen-bond donors (Lipinski definition) is 1. The van der Waals surface area contributed by atoms with Crippen LogP contribution in [-0.4, -0.2) is 18.3 Å². The number of aliphatic hydroxyl groups excluding tert-OH is 1. The second kappa shape index (κ2) is 8.38. The number of fused-ring (bicyclic) bond motifs is 2. The Morgan fingerprint density at radius 2 is 2.04 bits per heavy atom. The number of aliphatic hydroxyl groups is 1. The van der Waals surface area contributed by atoms with Crippen molar-refractivity contribution in [2.75, 3.05) is 7.11 Å². The molecule has 0 saturated heterocycles. The largest absolute Gasteiger partial charge is 0.496 e. The fraction of sp³-hybridized carbons (Fsp3) is 0.727. The molecule has 0 bridgehead atoms. The van der Waals surface area contributed by atoms with Crippen LogP contribution in [0.25, 0.3) is 0 Å². The fourth-order valence-electron chi connectivity index (χ4n) is 5.11. The molecule has 2 aliphatic carbocycles. The molecular formula is C22H34O2. The molecule has 3 rings (SSSR count). The second-order valence-corrected chi connectivity index (χ2v) is 7.99. The Kier molecular flexibility index (Phi) is 6.21. The average molecular weight is 331 g/mol. The summed E-state index contributed by atoms with van der Waals surface area (Å²) in [7, 11) is 1.79. The van der Waals surface area contributed by atoms with Crippen molar-refractivity contribution in [1.82, 2.24) is 0 Å². The van der Waals surface area contributed by atoms with Crippen molar-refractivity contribution in [2.45, 2.75) is 77.2 Å². The molecule has 1 fully saturated rings. The Balaban J connectivity index is 1.56. The minimum absolute atomic E-state index is 0.0772. The predicted octanol–water partition coefficient (Wildman–Crippen LogP) is 5.16. The maximum Gasteiger partial charge on any atom is 0.122 e. The number of rotatable bonds is 8. The molecule has 2 unspecified atom stereocenters. The first-order chi connectivity index (χ1) is 11.7. The van der Waals surface area contributed by atoms with E-state index in [9.17, 15) is 5.11 Å². The van der Waals surface area contributed by atoms with E-state index in [4.69, 9.17) is 4.74 Å². The van der Waals surface area contributed by atoms with Crippen molar-refractivity contribution < 1.29 is 9.84 Å². The monoisotopic (exact) mass is 330 g/mol. The van der Waals surface area contributed by atoms with Crippen LogP contribution in [0.4, 0.5) is 0 Å². The van der Waals surface area contributed by atoms with Crippen molar-refractivity contribution in [3.8, 4) is 5.75 Å². The Hall–Kier alpha value is -1.02. The van der Waals surface area contributed by atoms with Crippen molar-refractivity contribution >= 4 is 0 Å². The molecule has 1 N–H and O–H groups in total. The fourth-order valence-corrected chi connectivity index (χ4v) is 5.11. The number of hydrogen-bond acceptors (Lipinski definition) is 2. The van der Waals surface area contributed by atoms with Gasteiger partial charge in [0.25, 0.3) is 0 Å². The van der Waals surface area contributed by atoms with Gasteiger partial charge in [-0.3, -0.25) is 0 Å². The van der Waals surface area contributed by atoms with E-state index in [-0.39, 0.29) is 6.10 Å². The first-order valence-electron chi connectivity index (χ1n) is 10.1. The molecule has 0 heterocycles. The predicted molar refractivity (Wildman–Crippen MR) is 99.5 cm³/mol. The van der Waals surface area contributed by atoms with Gasteiger partial charge in [0.2, 0.25) is 0 Å². The lowest BCUT2D eigenvalue weighted by Gasteiger charge is -2.32. The van der Waals surface area contributed by atoms with Crippen molar-refractivity contribution in [3.05, 3.63) is 29.3 Å². The zero-order valence-electron chi connectivity index (χ0n) is 15.5. The Labute approximate surface area is 147 Å². The molecule has 0 aromatic heterocycles. The molecule has 2 heteroatoms. The molecule has 1 saturated carbocycles. The Morgan fingerprint density at radius 1 is 1.17 bits per heavy atom. The van der Waals surface area contributed by atoms with Crippen molar-refractivity contribution in [2.24, 2.45) is 17.8 Å². The van der Waals surface area contributed by atoms with Crippen LogP contribution in [0.15, 0.2) is 18.2 Å². The highest BCUT2D eigenvalue weighted by Crippen LogP contribution is 2.48. The SMILES string of the molecule is CCCCC[C@H](O)CCC1CCC2Cc3c(cccc3OC)C[C@H]12. The van der Waals surface area contributed by atoms with E-state index in [0.717, 1.165) is 36.3 Å². The lowest BCUT2D eigenvalue weighted by molar-refractivity contribution is 0.134. The standard InChI is InChI=1S/C22H34O2/c1-3-4-5-8-19(23)13-12-16-10-11-18-15-21-17(14-20(16)18)7-6-9-22(21)24-2/h6-7,9,16,18-20,23H,3-5,8,10-15H2,1-2H3/t16?,18?,19-,20+/m0/s1. The van der Waals surface area contributed by atoms with Gasteiger partial charge in [-0.05, 0) is 79.9 Å². The van der Waals surface area contributed by atoms with E-state index >= 15 is 0 Å². The molecule has 0 aliphatic heterocycles. The van der Waals surface area contributed by atoms with Crippen LogP contribution in [0.1, 0.15) is 69.4 Å². The smallest absolute Gasteiger partial charge is 0.122 e. The first kappa shape index (κ1) is 17.8. The summed E-state index contributed by atoms with van der Waals surface area (Å²) in [6.07, 6.45) is 11.9. The molecule has 134 valence electrons. The summed E-state index contributed by atoms with van der Waals surface area (Å²) in [5, 5.41) is 10.2. The van der Waals surface area contributed by atoms with E-state index in [1.165, 1.54) is 62.5 Å². The summed E-state index contributed by atoms with van der Waals surface area (Å²) in [6, 6.07) is 6.54. The lowest BCUT2D eigenvalue weighted by Crippen LogP contribution is -2.26. The van der Waals surface area contributed by atoms with Crippen molar-refractivity contribution in [1.29, 1.82) is 0 Å². The normalized spacial score (nSPS) is 26.7. The molecule has 4 atom stereocenters. The summed E-state index contributed by atoms with van der Waals surface area (Å²) in [6.45, 7) is 2.22. The van der Waals surface area contributed by atoms with Crippen LogP contribution >= 0.6 is 0 Å². The molecule has 2 nitrogen and oxygen atoms in total. The third kappa shape index (κ3) is 3.96. The van der Waals surface area contributed by atoms with Gasteiger partial charge in [-0.2, -0.15) is 0 Å². The average Bonchev–Trinajstić information content (AvgIpc) is 2.99. The van der Waals surface area contributed by atoms with Crippen LogP contribution in [0, 0.1) is 17.8 Å². The van der Waals surface area contributed by atoms with Gasteiger partial charge in [0.05, 0.1) is 13.2 Å². The molecule has 0 spiro atoms. The van der Waals surface area contributed by atoms with Crippen LogP contribution in [0.5, 0.6) is 5.75 Å². The molecule has 1 aromatic rings. The number of unbranched alkanes of at least 4 members (excludes halogenated alkanes) is 2. The van der Waals surface area contributed by atoms with Crippen LogP contribution in [0.3, 0.4) is 0 Å². The highest BCUT2D eigenvalue weighted by atomic mass is 16.5. The highest BCUT2D eigenvalue weighted by Gasteiger charge is 2.39. The molecule has 1 aromatic carbocycles. The minimum Gasteiger partial charge on any atom is -0.496 e. The van der Waals surface area contributed by atoms with Crippen molar-refractivity contribution in [3.63, 3.8) is 0 Å². The Bertz CT molecular complexity index is 525. The molecule has 24 heavy (non-hydrogen) atoms. The lowest BCUT2D eigenvalue weighted by atomic mass is 9.73. The van der Waals surface area contributed by atoms with E-state index in [0.29, 0.717) is 0 Å². The summed E-state index contributed by atoms with van der Waals surface area (Å²) >= 11 is 0. The van der Waals surface area contributed by atoms with E-state index in [2.05, 4.69) is 25.1 Å². The van der Waals surface area contributed by atoms with Gasteiger partial charge >= 0.3 is 0 Å². The third-order valence-electron chi connectivity index (χ3n) is 6.50. The van der Waals surface area contributed by atoms with Gasteiger partial charge in [0.1, 0.15) is 5.75 Å². The van der Waals surface area contributed by atoms with Gasteiger partial charge in [-0.15, -0.1) is 0 Å². The second-order valence-electron chi connectivity index (χ2n) is 7.99. The van der Waals surface area contributed by atoms with E-state index < -0.39 is 0 Å². The van der Waals surface area contributed by atoms with Gasteiger partial charge in [0.15, 0.2) is 0 Å². The van der Waals surface area contributed by atoms with Gasteiger partial charge in [-0.25, -0.2) is 0 Å². The number of benzene rings is 1. The van der Waals surface area contributed by atoms with Crippen LogP contribution in [-0.2, 0) is 12.8 Å². The summed E-state index contributed by atoms with van der Waals surface area (Å²) < 4.78 is 5.58. The van der Waals surface area contributed by atoms with Gasteiger partial charge in [0, 0.05) is 0 Å². The number of ether oxygens (including phenoxy) is 1. The van der Waals surface area contributed by atoms with Gasteiger partial charge < -0.3 is 9.84 Å². The maximum absolute atomic E-state index is 10.2. The maximum atomic E-state index is 10.2. The quantitative estimate of drug-likeness (QED) is 0.667. The molecule has 0 radical (unpaired) electrons. The number of methoxy groups -OCH3 is 1. The van der Waals surface area contributed by atoms with Gasteiger partial charge in [-0.1, -0.05) is 38.3 Å². The zero-order valence-corrected chi connectivity index (χ0v) is 15.5. The summed E-state index contributed by atoms with van der Waals surface area (Å²) in [5.74, 6) is 3.56. The molecular weight excluding hydrogens is 296 g/mol. The van der Waals surface area contributed by atoms with E-state index in [1.54, 1.807) is 7.11 Å². The summed E-state index contributed by atoms with van der Waals surface area (Å²) in [5.41, 5.74) is 2.97. The molecule has 2 aliphatic rings. The van der Waals surface area contributed by atoms with Crippen LogP contribution in [0.2, 0.25) is 0 Å². The minimum atomic E-state index is -0.0772. The highest BCUT2D eigenvalue weighted by molar-refractivity contribution is 5.42. The topological polar surface area (TPSA) is 29.5 Å². The summed E-state index contributed by atoms with van der Waals surface area (Å²) in [4.78, 5) is 0. The third-order valence-corrected chi connectivity index (χ3v) is 6.50. The first-order valence-corrected chi connectivity index (χ1v) is 10.1. The van der Waals surface area contributed by atoms with Crippen LogP contribution < -0.4 is 4.74 Å².